The zero-order valence-corrected chi connectivity index (χ0v) is 14.5. The largest absolute Gasteiger partial charge is 0.508 e. The second-order valence-corrected chi connectivity index (χ2v) is 6.53. The molecule has 0 aromatic heterocycles. The second-order valence-electron chi connectivity index (χ2n) is 6.53. The smallest absolute Gasteiger partial charge is 0.335 e. The van der Waals surface area contributed by atoms with Crippen molar-refractivity contribution in [3.63, 3.8) is 0 Å². The van der Waals surface area contributed by atoms with Crippen molar-refractivity contribution in [1.29, 1.82) is 0 Å². The maximum absolute atomic E-state index is 12.2. The predicted molar refractivity (Wildman–Crippen MR) is 95.0 cm³/mol. The molecule has 3 rings (SSSR count). The molecule has 0 radical (unpaired) electrons. The number of rotatable bonds is 5. The Labute approximate surface area is 151 Å². The lowest BCUT2D eigenvalue weighted by Crippen LogP contribution is -2.24. The Bertz CT molecular complexity index is 802. The Balaban J connectivity index is 1.79. The molecule has 1 aliphatic heterocycles. The molecule has 2 atom stereocenters. The van der Waals surface area contributed by atoms with E-state index in [0.717, 1.165) is 11.1 Å². The minimum absolute atomic E-state index is 0.0364. The molecule has 1 heterocycles. The van der Waals surface area contributed by atoms with E-state index in [0.29, 0.717) is 19.6 Å². The average molecular weight is 355 g/mol. The molecule has 0 spiro atoms. The first kappa shape index (κ1) is 17.9. The van der Waals surface area contributed by atoms with Gasteiger partial charge in [0.1, 0.15) is 5.75 Å². The van der Waals surface area contributed by atoms with Crippen molar-refractivity contribution < 1.29 is 24.5 Å². The first-order valence-electron chi connectivity index (χ1n) is 8.39. The van der Waals surface area contributed by atoms with Crippen molar-refractivity contribution in [2.24, 2.45) is 5.92 Å². The fourth-order valence-electron chi connectivity index (χ4n) is 3.52. The van der Waals surface area contributed by atoms with Crippen LogP contribution in [0.5, 0.6) is 5.75 Å². The van der Waals surface area contributed by atoms with Crippen LogP contribution < -0.4 is 0 Å². The fourth-order valence-corrected chi connectivity index (χ4v) is 3.52. The van der Waals surface area contributed by atoms with Crippen molar-refractivity contribution in [2.75, 3.05) is 20.2 Å². The predicted octanol–water partition coefficient (Wildman–Crippen LogP) is 2.48. The number of phenolic OH excluding ortho intramolecular Hbond substituents is 1. The van der Waals surface area contributed by atoms with E-state index in [9.17, 15) is 14.7 Å². The van der Waals surface area contributed by atoms with E-state index in [2.05, 4.69) is 4.90 Å². The molecule has 6 heteroatoms. The molecule has 1 aliphatic rings. The summed E-state index contributed by atoms with van der Waals surface area (Å²) in [5.41, 5.74) is 2.11. The summed E-state index contributed by atoms with van der Waals surface area (Å²) in [5, 5.41) is 18.6. The first-order chi connectivity index (χ1) is 12.5. The molecule has 0 amide bonds. The van der Waals surface area contributed by atoms with E-state index in [1.807, 2.05) is 18.2 Å². The third-order valence-corrected chi connectivity index (χ3v) is 4.80. The fraction of sp³-hybridized carbons (Fsp3) is 0.300. The molecule has 0 aliphatic carbocycles. The van der Waals surface area contributed by atoms with Gasteiger partial charge in [-0.2, -0.15) is 0 Å². The number of carbonyl (C=O) groups excluding carboxylic acids is 1. The Kier molecular flexibility index (Phi) is 5.23. The van der Waals surface area contributed by atoms with Gasteiger partial charge in [0.05, 0.1) is 18.6 Å². The summed E-state index contributed by atoms with van der Waals surface area (Å²) in [6.45, 7) is 1.75. The highest BCUT2D eigenvalue weighted by Crippen LogP contribution is 2.35. The van der Waals surface area contributed by atoms with Crippen molar-refractivity contribution >= 4 is 11.9 Å². The van der Waals surface area contributed by atoms with Crippen LogP contribution in [0.3, 0.4) is 0 Å². The normalized spacial score (nSPS) is 20.0. The maximum atomic E-state index is 12.2. The van der Waals surface area contributed by atoms with Crippen LogP contribution in [0.1, 0.15) is 27.4 Å². The number of ether oxygens (including phenoxy) is 1. The van der Waals surface area contributed by atoms with Gasteiger partial charge < -0.3 is 14.9 Å². The molecule has 6 nitrogen and oxygen atoms in total. The number of carboxylic acid groups (broad SMARTS) is 1. The average Bonchev–Trinajstić information content (AvgIpc) is 3.05. The molecule has 0 bridgehead atoms. The molecule has 1 saturated heterocycles. The van der Waals surface area contributed by atoms with E-state index in [4.69, 9.17) is 9.84 Å². The summed E-state index contributed by atoms with van der Waals surface area (Å²) >= 11 is 0. The molecule has 1 fully saturated rings. The lowest BCUT2D eigenvalue weighted by molar-refractivity contribution is -0.145. The lowest BCUT2D eigenvalue weighted by atomic mass is 9.89. The molecular formula is C20H21NO5. The Morgan fingerprint density at radius 1 is 1.15 bits per heavy atom. The second kappa shape index (κ2) is 7.58. The first-order valence-corrected chi connectivity index (χ1v) is 8.39. The van der Waals surface area contributed by atoms with Crippen LogP contribution in [0.25, 0.3) is 0 Å². The summed E-state index contributed by atoms with van der Waals surface area (Å²) in [6, 6.07) is 13.7. The number of phenols is 1. The van der Waals surface area contributed by atoms with Gasteiger partial charge in [0.15, 0.2) is 0 Å². The van der Waals surface area contributed by atoms with E-state index in [-0.39, 0.29) is 29.1 Å². The minimum Gasteiger partial charge on any atom is -0.508 e. The molecule has 0 unspecified atom stereocenters. The highest BCUT2D eigenvalue weighted by molar-refractivity contribution is 5.87. The van der Waals surface area contributed by atoms with Gasteiger partial charge in [0, 0.05) is 25.6 Å². The van der Waals surface area contributed by atoms with Crippen molar-refractivity contribution in [1.82, 2.24) is 4.90 Å². The Hall–Kier alpha value is -2.86. The van der Waals surface area contributed by atoms with Gasteiger partial charge in [0.25, 0.3) is 0 Å². The minimum atomic E-state index is -0.956. The molecule has 2 N–H and O–H groups in total. The third kappa shape index (κ3) is 3.86. The van der Waals surface area contributed by atoms with Gasteiger partial charge in [-0.15, -0.1) is 0 Å². The van der Waals surface area contributed by atoms with Crippen LogP contribution >= 0.6 is 0 Å². The van der Waals surface area contributed by atoms with Crippen LogP contribution in [0.15, 0.2) is 48.5 Å². The van der Waals surface area contributed by atoms with Crippen LogP contribution in [0.4, 0.5) is 0 Å². The summed E-state index contributed by atoms with van der Waals surface area (Å²) < 4.78 is 4.97. The number of aromatic carboxylic acids is 1. The van der Waals surface area contributed by atoms with Gasteiger partial charge in [-0.25, -0.2) is 4.79 Å². The Morgan fingerprint density at radius 2 is 1.88 bits per heavy atom. The van der Waals surface area contributed by atoms with Crippen LogP contribution in [0.2, 0.25) is 0 Å². The van der Waals surface area contributed by atoms with Crippen molar-refractivity contribution in [3.05, 3.63) is 65.2 Å². The van der Waals surface area contributed by atoms with Gasteiger partial charge in [0.2, 0.25) is 0 Å². The van der Waals surface area contributed by atoms with Gasteiger partial charge in [-0.05, 0) is 35.4 Å². The van der Waals surface area contributed by atoms with Crippen LogP contribution in [-0.2, 0) is 16.1 Å². The highest BCUT2D eigenvalue weighted by atomic mass is 16.5. The van der Waals surface area contributed by atoms with E-state index in [1.165, 1.54) is 7.11 Å². The number of nitrogens with zero attached hydrogens (tertiary/aromatic N) is 1. The number of esters is 1. The molecule has 26 heavy (non-hydrogen) atoms. The number of hydrogen-bond donors (Lipinski definition) is 2. The summed E-state index contributed by atoms with van der Waals surface area (Å²) in [6.07, 6.45) is 0. The number of likely N-dealkylation sites (tertiary alicyclic amines) is 1. The number of methoxy groups -OCH3 is 1. The molecule has 136 valence electrons. The molecular weight excluding hydrogens is 334 g/mol. The van der Waals surface area contributed by atoms with E-state index < -0.39 is 5.97 Å². The summed E-state index contributed by atoms with van der Waals surface area (Å²) in [7, 11) is 1.38. The number of carbonyl (C=O) groups is 2. The maximum Gasteiger partial charge on any atom is 0.335 e. The zero-order valence-electron chi connectivity index (χ0n) is 14.5. The van der Waals surface area contributed by atoms with Crippen molar-refractivity contribution in [3.8, 4) is 5.75 Å². The summed E-state index contributed by atoms with van der Waals surface area (Å²) in [5.74, 6) is -1.37. The Morgan fingerprint density at radius 3 is 2.54 bits per heavy atom. The highest BCUT2D eigenvalue weighted by Gasteiger charge is 2.39. The third-order valence-electron chi connectivity index (χ3n) is 4.80. The zero-order chi connectivity index (χ0) is 18.7. The summed E-state index contributed by atoms with van der Waals surface area (Å²) in [4.78, 5) is 25.5. The van der Waals surface area contributed by atoms with E-state index >= 15 is 0 Å². The van der Waals surface area contributed by atoms with E-state index in [1.54, 1.807) is 30.3 Å². The monoisotopic (exact) mass is 355 g/mol. The number of hydrogen-bond acceptors (Lipinski definition) is 5. The molecule has 2 aromatic rings. The molecule has 0 saturated carbocycles. The number of aromatic hydroxyl groups is 1. The van der Waals surface area contributed by atoms with Gasteiger partial charge >= 0.3 is 11.9 Å². The quantitative estimate of drug-likeness (QED) is 0.802. The SMILES string of the molecule is COC(=O)[C@@H]1CN(Cc2cccc(C(=O)O)c2)C[C@H]1c1ccc(O)cc1. The van der Waals surface area contributed by atoms with Crippen molar-refractivity contribution in [2.45, 2.75) is 12.5 Å². The van der Waals surface area contributed by atoms with Crippen LogP contribution in [0, 0.1) is 5.92 Å². The van der Waals surface area contributed by atoms with Gasteiger partial charge in [-0.1, -0.05) is 24.3 Å². The lowest BCUT2D eigenvalue weighted by Gasteiger charge is -2.17. The molecule has 2 aromatic carbocycles. The van der Waals surface area contributed by atoms with Crippen LogP contribution in [-0.4, -0.2) is 47.3 Å². The number of carboxylic acids is 1. The standard InChI is InChI=1S/C20H21NO5/c1-26-20(25)18-12-21(10-13-3-2-4-15(9-13)19(23)24)11-17(18)14-5-7-16(22)8-6-14/h2-9,17-18,22H,10-12H2,1H3,(H,23,24)/t17-,18+/m0/s1. The number of benzene rings is 2. The topological polar surface area (TPSA) is 87.1 Å². The van der Waals surface area contributed by atoms with Gasteiger partial charge in [-0.3, -0.25) is 9.69 Å².